The van der Waals surface area contributed by atoms with Gasteiger partial charge in [-0.15, -0.1) is 0 Å². The fourth-order valence-electron chi connectivity index (χ4n) is 2.51. The molecule has 0 bridgehead atoms. The molecule has 1 aromatic heterocycles. The Kier molecular flexibility index (Phi) is 3.87. The predicted molar refractivity (Wildman–Crippen MR) is 75.2 cm³/mol. The average molecular weight is 287 g/mol. The van der Waals surface area contributed by atoms with E-state index in [0.29, 0.717) is 18.9 Å². The first-order valence-corrected chi connectivity index (χ1v) is 6.86. The smallest absolute Gasteiger partial charge is 0.410 e. The molecule has 2 heterocycles. The van der Waals surface area contributed by atoms with E-state index >= 15 is 0 Å². The molecule has 0 radical (unpaired) electrons. The van der Waals surface area contributed by atoms with E-state index in [-0.39, 0.29) is 18.7 Å². The van der Waals surface area contributed by atoms with Gasteiger partial charge in [0.2, 0.25) is 5.89 Å². The van der Waals surface area contributed by atoms with E-state index in [2.05, 4.69) is 4.98 Å². The first kappa shape index (κ1) is 13.6. The Morgan fingerprint density at radius 3 is 2.95 bits per heavy atom. The molecule has 0 saturated carbocycles. The molecule has 1 amide bonds. The highest BCUT2D eigenvalue weighted by Crippen LogP contribution is 2.31. The molecule has 1 aromatic carbocycles. The van der Waals surface area contributed by atoms with Crippen LogP contribution in [-0.4, -0.2) is 28.6 Å². The Morgan fingerprint density at radius 2 is 2.24 bits per heavy atom. The van der Waals surface area contributed by atoms with Gasteiger partial charge in [-0.1, -0.05) is 30.3 Å². The summed E-state index contributed by atoms with van der Waals surface area (Å²) in [6, 6.07) is 9.21. The summed E-state index contributed by atoms with van der Waals surface area (Å²) in [6.45, 7) is 0.685. The molecule has 3 rings (SSSR count). The molecular weight excluding hydrogens is 270 g/mol. The minimum atomic E-state index is -0.394. The van der Waals surface area contributed by atoms with Gasteiger partial charge in [0, 0.05) is 12.6 Å². The van der Waals surface area contributed by atoms with Crippen LogP contribution in [-0.2, 0) is 11.3 Å². The highest BCUT2D eigenvalue weighted by molar-refractivity contribution is 5.68. The number of carbonyl (C=O) groups is 1. The van der Waals surface area contributed by atoms with Gasteiger partial charge < -0.3 is 14.9 Å². The summed E-state index contributed by atoms with van der Waals surface area (Å²) in [4.78, 5) is 17.9. The number of benzene rings is 1. The number of rotatable bonds is 3. The highest BCUT2D eigenvalue weighted by atomic mass is 16.6. The number of nitrogens with two attached hydrogens (primary N) is 1. The lowest BCUT2D eigenvalue weighted by Gasteiger charge is -2.21. The van der Waals surface area contributed by atoms with Gasteiger partial charge in [0.15, 0.2) is 0 Å². The summed E-state index contributed by atoms with van der Waals surface area (Å²) in [5, 5.41) is 0. The molecule has 2 aromatic rings. The number of aromatic nitrogens is 1. The van der Waals surface area contributed by atoms with E-state index in [4.69, 9.17) is 14.9 Å². The lowest BCUT2D eigenvalue weighted by Crippen LogP contribution is -2.33. The van der Waals surface area contributed by atoms with Crippen LogP contribution in [0.25, 0.3) is 0 Å². The van der Waals surface area contributed by atoms with Crippen LogP contribution in [0, 0.1) is 0 Å². The van der Waals surface area contributed by atoms with Crippen LogP contribution < -0.4 is 5.73 Å². The molecule has 6 nitrogen and oxygen atoms in total. The maximum atomic E-state index is 12.2. The van der Waals surface area contributed by atoms with Gasteiger partial charge in [-0.25, -0.2) is 9.78 Å². The van der Waals surface area contributed by atoms with Crippen molar-refractivity contribution in [3.63, 3.8) is 0 Å². The summed E-state index contributed by atoms with van der Waals surface area (Å²) >= 11 is 0. The molecule has 110 valence electrons. The number of amides is 1. The van der Waals surface area contributed by atoms with Crippen LogP contribution in [0.1, 0.15) is 23.9 Å². The second-order valence-corrected chi connectivity index (χ2v) is 5.07. The van der Waals surface area contributed by atoms with E-state index in [9.17, 15) is 4.79 Å². The standard InChI is InChI=1S/C15H17N3O3/c16-12-8-13(14-17-6-7-20-14)18(9-12)15(19)21-10-11-4-2-1-3-5-11/h1-7,12-13H,8-10,16H2/t12-,13-/m0/s1. The topological polar surface area (TPSA) is 81.6 Å². The molecule has 2 atom stereocenters. The number of hydrogen-bond acceptors (Lipinski definition) is 5. The highest BCUT2D eigenvalue weighted by Gasteiger charge is 2.38. The van der Waals surface area contributed by atoms with Crippen molar-refractivity contribution in [1.29, 1.82) is 0 Å². The second-order valence-electron chi connectivity index (χ2n) is 5.07. The summed E-state index contributed by atoms with van der Waals surface area (Å²) in [5.41, 5.74) is 6.89. The summed E-state index contributed by atoms with van der Waals surface area (Å²) in [7, 11) is 0. The first-order chi connectivity index (χ1) is 10.2. The Morgan fingerprint density at radius 1 is 1.43 bits per heavy atom. The molecule has 1 aliphatic heterocycles. The molecule has 2 N–H and O–H groups in total. The average Bonchev–Trinajstić information content (AvgIpc) is 3.14. The van der Waals surface area contributed by atoms with Crippen molar-refractivity contribution in [2.24, 2.45) is 5.73 Å². The third-order valence-electron chi connectivity index (χ3n) is 3.51. The Balaban J connectivity index is 1.65. The van der Waals surface area contributed by atoms with E-state index < -0.39 is 6.09 Å². The van der Waals surface area contributed by atoms with Crippen molar-refractivity contribution in [2.45, 2.75) is 25.1 Å². The molecule has 1 fully saturated rings. The Labute approximate surface area is 122 Å². The van der Waals surface area contributed by atoms with Gasteiger partial charge >= 0.3 is 6.09 Å². The SMILES string of the molecule is N[C@H]1C[C@@H](c2ncco2)N(C(=O)OCc2ccccc2)C1. The van der Waals surface area contributed by atoms with Crippen LogP contribution in [0.15, 0.2) is 47.2 Å². The van der Waals surface area contributed by atoms with Crippen molar-refractivity contribution in [1.82, 2.24) is 9.88 Å². The normalized spacial score (nSPS) is 21.5. The Hall–Kier alpha value is -2.34. The number of carbonyl (C=O) groups excluding carboxylic acids is 1. The van der Waals surface area contributed by atoms with Gasteiger partial charge in [0.25, 0.3) is 0 Å². The third-order valence-corrected chi connectivity index (χ3v) is 3.51. The minimum absolute atomic E-state index is 0.0915. The van der Waals surface area contributed by atoms with Crippen molar-refractivity contribution in [3.05, 3.63) is 54.2 Å². The minimum Gasteiger partial charge on any atom is -0.447 e. The van der Waals surface area contributed by atoms with E-state index in [0.717, 1.165) is 5.56 Å². The molecule has 6 heteroatoms. The zero-order valence-electron chi connectivity index (χ0n) is 11.5. The summed E-state index contributed by atoms with van der Waals surface area (Å²) in [5.74, 6) is 0.500. The molecule has 1 saturated heterocycles. The van der Waals surface area contributed by atoms with E-state index in [1.165, 1.54) is 6.26 Å². The molecule has 0 unspecified atom stereocenters. The van der Waals surface area contributed by atoms with Crippen molar-refractivity contribution >= 4 is 6.09 Å². The van der Waals surface area contributed by atoms with Crippen LogP contribution in [0.3, 0.4) is 0 Å². The third kappa shape index (κ3) is 3.05. The van der Waals surface area contributed by atoms with Gasteiger partial charge in [0.1, 0.15) is 18.9 Å². The van der Waals surface area contributed by atoms with Crippen molar-refractivity contribution < 1.29 is 13.9 Å². The summed E-state index contributed by atoms with van der Waals surface area (Å²) in [6.07, 6.45) is 3.29. The van der Waals surface area contributed by atoms with E-state index in [1.807, 2.05) is 30.3 Å². The number of nitrogens with zero attached hydrogens (tertiary/aromatic N) is 2. The van der Waals surface area contributed by atoms with Crippen molar-refractivity contribution in [2.75, 3.05) is 6.54 Å². The number of oxazole rings is 1. The zero-order valence-corrected chi connectivity index (χ0v) is 11.5. The monoisotopic (exact) mass is 287 g/mol. The molecule has 1 aliphatic rings. The van der Waals surface area contributed by atoms with Gasteiger partial charge in [-0.2, -0.15) is 0 Å². The second kappa shape index (κ2) is 5.97. The molecule has 0 spiro atoms. The number of likely N-dealkylation sites (tertiary alicyclic amines) is 1. The largest absolute Gasteiger partial charge is 0.447 e. The molecule has 0 aliphatic carbocycles. The quantitative estimate of drug-likeness (QED) is 0.934. The van der Waals surface area contributed by atoms with Crippen LogP contribution in [0.2, 0.25) is 0 Å². The fraction of sp³-hybridized carbons (Fsp3) is 0.333. The fourth-order valence-corrected chi connectivity index (χ4v) is 2.51. The van der Waals surface area contributed by atoms with E-state index in [1.54, 1.807) is 11.1 Å². The van der Waals surface area contributed by atoms with Crippen LogP contribution >= 0.6 is 0 Å². The van der Waals surface area contributed by atoms with Crippen LogP contribution in [0.4, 0.5) is 4.79 Å². The van der Waals surface area contributed by atoms with Crippen molar-refractivity contribution in [3.8, 4) is 0 Å². The lowest BCUT2D eigenvalue weighted by atomic mass is 10.2. The predicted octanol–water partition coefficient (Wildman–Crippen LogP) is 2.09. The summed E-state index contributed by atoms with van der Waals surface area (Å²) < 4.78 is 10.6. The van der Waals surface area contributed by atoms with Gasteiger partial charge in [-0.3, -0.25) is 4.90 Å². The lowest BCUT2D eigenvalue weighted by molar-refractivity contribution is 0.0875. The number of ether oxygens (including phenoxy) is 1. The van der Waals surface area contributed by atoms with Crippen LogP contribution in [0.5, 0.6) is 0 Å². The first-order valence-electron chi connectivity index (χ1n) is 6.86. The molecule has 21 heavy (non-hydrogen) atoms. The zero-order chi connectivity index (χ0) is 14.7. The molecular formula is C15H17N3O3. The maximum Gasteiger partial charge on any atom is 0.410 e. The maximum absolute atomic E-state index is 12.2. The number of hydrogen-bond donors (Lipinski definition) is 1. The van der Waals surface area contributed by atoms with Gasteiger partial charge in [-0.05, 0) is 12.0 Å². The Bertz CT molecular complexity index is 585. The van der Waals surface area contributed by atoms with Gasteiger partial charge in [0.05, 0.1) is 6.20 Å².